The van der Waals surface area contributed by atoms with Crippen LogP contribution in [-0.2, 0) is 48.0 Å². The highest BCUT2D eigenvalue weighted by atomic mass is 16.6. The Bertz CT molecular complexity index is 1590. The van der Waals surface area contributed by atoms with Gasteiger partial charge in [-0.1, -0.05) is 51.1 Å². The average molecular weight is 752 g/mol. The second-order valence-electron chi connectivity index (χ2n) is 16.1. The van der Waals surface area contributed by atoms with Crippen LogP contribution in [-0.4, -0.2) is 99.1 Å². The molecular weight excluding hydrogens is 690 g/mol. The van der Waals surface area contributed by atoms with Crippen molar-refractivity contribution >= 4 is 23.8 Å². The van der Waals surface area contributed by atoms with Gasteiger partial charge in [-0.25, -0.2) is 4.79 Å². The van der Waals surface area contributed by atoms with Crippen molar-refractivity contribution in [2.24, 2.45) is 5.41 Å². The zero-order chi connectivity index (χ0) is 39.5. The van der Waals surface area contributed by atoms with E-state index in [1.807, 2.05) is 51.1 Å². The van der Waals surface area contributed by atoms with E-state index in [0.717, 1.165) is 36.0 Å². The Labute approximate surface area is 320 Å². The van der Waals surface area contributed by atoms with Gasteiger partial charge in [0.2, 0.25) is 17.7 Å². The van der Waals surface area contributed by atoms with Gasteiger partial charge in [0.15, 0.2) is 0 Å². The van der Waals surface area contributed by atoms with Gasteiger partial charge in [0.1, 0.15) is 30.0 Å². The van der Waals surface area contributed by atoms with Crippen LogP contribution in [0.4, 0.5) is 4.79 Å². The van der Waals surface area contributed by atoms with Crippen LogP contribution < -0.4 is 26.0 Å². The minimum absolute atomic E-state index is 0.138. The maximum absolute atomic E-state index is 14.6. The molecule has 13 heteroatoms. The third-order valence-corrected chi connectivity index (χ3v) is 9.59. The lowest BCUT2D eigenvalue weighted by Crippen LogP contribution is -2.62. The number of ether oxygens (including phenoxy) is 4. The molecule has 1 aliphatic carbocycles. The van der Waals surface area contributed by atoms with Crippen molar-refractivity contribution in [3.63, 3.8) is 0 Å². The molecule has 2 aromatic rings. The minimum atomic E-state index is -0.866. The molecule has 4 rings (SSSR count). The quantitative estimate of drug-likeness (QED) is 0.185. The van der Waals surface area contributed by atoms with E-state index in [0.29, 0.717) is 51.7 Å². The van der Waals surface area contributed by atoms with E-state index in [1.165, 1.54) is 5.56 Å². The van der Waals surface area contributed by atoms with E-state index in [9.17, 15) is 19.2 Å². The molecule has 54 heavy (non-hydrogen) atoms. The largest absolute Gasteiger partial charge is 0.491 e. The molecular formula is C41H61N5O8. The predicted octanol–water partition coefficient (Wildman–Crippen LogP) is 4.21. The number of benzene rings is 2. The number of likely N-dealkylation sites (N-methyl/N-ethyl adjacent to an activating group) is 1. The normalized spacial score (nSPS) is 18.0. The molecule has 13 nitrogen and oxygen atoms in total. The molecule has 0 fully saturated rings. The summed E-state index contributed by atoms with van der Waals surface area (Å²) in [7, 11) is 1.70. The van der Waals surface area contributed by atoms with Gasteiger partial charge in [-0.2, -0.15) is 0 Å². The number of hydrogen-bond donors (Lipinski definition) is 4. The van der Waals surface area contributed by atoms with Gasteiger partial charge < -0.3 is 45.1 Å². The maximum atomic E-state index is 14.6. The lowest BCUT2D eigenvalue weighted by Gasteiger charge is -2.41. The molecule has 0 aromatic heterocycles. The van der Waals surface area contributed by atoms with Crippen molar-refractivity contribution < 1.29 is 38.1 Å². The van der Waals surface area contributed by atoms with Gasteiger partial charge in [0.05, 0.1) is 38.5 Å². The Morgan fingerprint density at radius 1 is 0.889 bits per heavy atom. The summed E-state index contributed by atoms with van der Waals surface area (Å²) in [5.74, 6) is -0.183. The number of carbonyl (C=O) groups excluding carboxylic acids is 4. The summed E-state index contributed by atoms with van der Waals surface area (Å²) < 4.78 is 22.4. The third-order valence-electron chi connectivity index (χ3n) is 9.59. The summed E-state index contributed by atoms with van der Waals surface area (Å²) in [6.07, 6.45) is 2.62. The van der Waals surface area contributed by atoms with Gasteiger partial charge in [-0.05, 0) is 93.8 Å². The highest BCUT2D eigenvalue weighted by Crippen LogP contribution is 2.33. The summed E-state index contributed by atoms with van der Waals surface area (Å²) in [6.45, 7) is 15.1. The first-order chi connectivity index (χ1) is 25.6. The number of alkyl carbamates (subject to hydrolysis) is 1. The number of rotatable bonds is 16. The maximum Gasteiger partial charge on any atom is 0.407 e. The van der Waals surface area contributed by atoms with Crippen LogP contribution >= 0.6 is 0 Å². The number of nitrogens with one attached hydrogen (secondary N) is 4. The highest BCUT2D eigenvalue weighted by molar-refractivity contribution is 5.94. The summed E-state index contributed by atoms with van der Waals surface area (Å²) >= 11 is 0. The van der Waals surface area contributed by atoms with Crippen molar-refractivity contribution in [3.8, 4) is 5.75 Å². The molecule has 1 heterocycles. The fourth-order valence-corrected chi connectivity index (χ4v) is 6.58. The van der Waals surface area contributed by atoms with Crippen molar-refractivity contribution in [3.05, 3.63) is 64.7 Å². The Morgan fingerprint density at radius 2 is 1.59 bits per heavy atom. The zero-order valence-electron chi connectivity index (χ0n) is 33.3. The predicted molar refractivity (Wildman–Crippen MR) is 206 cm³/mol. The van der Waals surface area contributed by atoms with Crippen molar-refractivity contribution in [1.82, 2.24) is 26.2 Å². The summed E-state index contributed by atoms with van der Waals surface area (Å²) in [5.41, 5.74) is 3.02. The van der Waals surface area contributed by atoms with Crippen LogP contribution in [0.25, 0.3) is 0 Å². The Balaban J connectivity index is 1.39. The molecule has 2 aromatic carbocycles. The second kappa shape index (κ2) is 19.4. The first-order valence-corrected chi connectivity index (χ1v) is 19.1. The number of nitrogens with zero attached hydrogens (tertiary/aromatic N) is 1. The van der Waals surface area contributed by atoms with E-state index < -0.39 is 35.2 Å². The van der Waals surface area contributed by atoms with Gasteiger partial charge >= 0.3 is 6.09 Å². The lowest BCUT2D eigenvalue weighted by molar-refractivity contribution is -0.147. The fraction of sp³-hybridized carbons (Fsp3) is 0.610. The Kier molecular flexibility index (Phi) is 15.3. The molecule has 2 unspecified atom stereocenters. The number of amides is 4. The highest BCUT2D eigenvalue weighted by Gasteiger charge is 2.43. The zero-order valence-corrected chi connectivity index (χ0v) is 33.3. The molecule has 298 valence electrons. The Morgan fingerprint density at radius 3 is 2.30 bits per heavy atom. The van der Waals surface area contributed by atoms with Crippen LogP contribution in [0.3, 0.4) is 0 Å². The van der Waals surface area contributed by atoms with Crippen LogP contribution in [0.15, 0.2) is 42.5 Å². The lowest BCUT2D eigenvalue weighted by atomic mass is 9.83. The summed E-state index contributed by atoms with van der Waals surface area (Å²) in [6, 6.07) is 11.7. The molecule has 4 N–H and O–H groups in total. The van der Waals surface area contributed by atoms with E-state index in [4.69, 9.17) is 18.9 Å². The van der Waals surface area contributed by atoms with Crippen molar-refractivity contribution in [2.75, 3.05) is 46.6 Å². The first-order valence-electron chi connectivity index (χ1n) is 19.1. The summed E-state index contributed by atoms with van der Waals surface area (Å²) in [4.78, 5) is 55.2. The molecule has 0 bridgehead atoms. The van der Waals surface area contributed by atoms with Crippen LogP contribution in [0.2, 0.25) is 0 Å². The molecule has 1 aliphatic heterocycles. The minimum Gasteiger partial charge on any atom is -0.491 e. The SMILES string of the molecule is CNC(C)C(=O)NC(C(=O)N1Cc2cc(OCCOCCOCCNC(=O)OC(C)(C)C)ccc2C[C@H]1C(=O)N[C@@H]1CCCc2ccccc21)C(C)(C)C. The van der Waals surface area contributed by atoms with Gasteiger partial charge in [0.25, 0.3) is 0 Å². The molecule has 0 radical (unpaired) electrons. The van der Waals surface area contributed by atoms with Crippen molar-refractivity contribution in [1.29, 1.82) is 0 Å². The molecule has 0 saturated heterocycles. The van der Waals surface area contributed by atoms with Crippen LogP contribution in [0.1, 0.15) is 89.6 Å². The topological polar surface area (TPSA) is 157 Å². The monoisotopic (exact) mass is 751 g/mol. The number of fused-ring (bicyclic) bond motifs is 2. The molecule has 0 spiro atoms. The number of carbonyl (C=O) groups is 4. The second-order valence-corrected chi connectivity index (χ2v) is 16.1. The van der Waals surface area contributed by atoms with Gasteiger partial charge in [-0.15, -0.1) is 0 Å². The standard InChI is InChI=1S/C41H61N5O8/c1-27(42-8)36(47)45-35(40(2,3)4)38(49)46-26-30-24-31(53-23-22-52-21-20-51-19-18-43-39(50)54-41(5,6)7)17-16-29(30)25-34(46)37(48)44-33-15-11-13-28-12-9-10-14-32(28)33/h9-10,12,14,16-17,24,27,33-35,42H,11,13,15,18-23,25-26H2,1-8H3,(H,43,50)(H,44,48)(H,45,47)/t27?,33-,34+,35?/m1/s1. The van der Waals surface area contributed by atoms with Crippen LogP contribution in [0.5, 0.6) is 5.75 Å². The number of hydrogen-bond acceptors (Lipinski definition) is 9. The Hall–Kier alpha value is -4.20. The molecule has 4 amide bonds. The first kappa shape index (κ1) is 42.5. The van der Waals surface area contributed by atoms with E-state index in [-0.39, 0.29) is 30.3 Å². The smallest absolute Gasteiger partial charge is 0.407 e. The third kappa shape index (κ3) is 12.4. The van der Waals surface area contributed by atoms with E-state index >= 15 is 0 Å². The van der Waals surface area contributed by atoms with E-state index in [2.05, 4.69) is 33.4 Å². The molecule has 0 saturated carbocycles. The average Bonchev–Trinajstić information content (AvgIpc) is 3.12. The van der Waals surface area contributed by atoms with E-state index in [1.54, 1.807) is 39.6 Å². The molecule has 2 aliphatic rings. The van der Waals surface area contributed by atoms with Gasteiger partial charge in [-0.3, -0.25) is 14.4 Å². The number of aryl methyl sites for hydroxylation is 1. The molecule has 4 atom stereocenters. The van der Waals surface area contributed by atoms with Gasteiger partial charge in [0, 0.05) is 19.5 Å². The van der Waals surface area contributed by atoms with Crippen molar-refractivity contribution in [2.45, 2.75) is 110 Å². The van der Waals surface area contributed by atoms with Crippen LogP contribution in [0, 0.1) is 5.41 Å². The summed E-state index contributed by atoms with van der Waals surface area (Å²) in [5, 5.41) is 11.8. The fourth-order valence-electron chi connectivity index (χ4n) is 6.58.